The Labute approximate surface area is 258 Å². The van der Waals surface area contributed by atoms with Crippen LogP contribution < -0.4 is 15.0 Å². The predicted octanol–water partition coefficient (Wildman–Crippen LogP) is 1.87. The predicted molar refractivity (Wildman–Crippen MR) is 158 cm³/mol. The molecule has 3 aromatic rings. The first kappa shape index (κ1) is 31.4. The van der Waals surface area contributed by atoms with Gasteiger partial charge in [0.25, 0.3) is 11.8 Å². The number of carbonyl (C=O) groups is 3. The van der Waals surface area contributed by atoms with Gasteiger partial charge >= 0.3 is 0 Å². The van der Waals surface area contributed by atoms with Gasteiger partial charge in [-0.2, -0.15) is 4.39 Å². The third kappa shape index (κ3) is 6.69. The lowest BCUT2D eigenvalue weighted by atomic mass is 10.1. The van der Waals surface area contributed by atoms with Crippen molar-refractivity contribution in [1.29, 1.82) is 0 Å². The molecule has 0 bridgehead atoms. The molecule has 0 atom stereocenters. The van der Waals surface area contributed by atoms with Crippen molar-refractivity contribution in [2.24, 2.45) is 7.05 Å². The Hall–Kier alpha value is -4.07. The Balaban J connectivity index is 1.17. The van der Waals surface area contributed by atoms with Crippen LogP contribution in [0, 0.1) is 11.6 Å². The maximum atomic E-state index is 14.6. The normalized spacial score (nSPS) is 15.8. The van der Waals surface area contributed by atoms with Gasteiger partial charge < -0.3 is 34.1 Å². The van der Waals surface area contributed by atoms with E-state index in [2.05, 4.69) is 10.3 Å². The molecule has 0 saturated carbocycles. The highest BCUT2D eigenvalue weighted by molar-refractivity contribution is 6.34. The summed E-state index contributed by atoms with van der Waals surface area (Å²) in [4.78, 5) is 47.8. The van der Waals surface area contributed by atoms with Gasteiger partial charge in [0.2, 0.25) is 11.7 Å². The van der Waals surface area contributed by atoms with E-state index in [1.807, 2.05) is 0 Å². The Morgan fingerprint density at radius 3 is 2.43 bits per heavy atom. The number of piperazine rings is 1. The molecule has 234 valence electrons. The molecule has 2 aliphatic heterocycles. The Bertz CT molecular complexity index is 1550. The number of imidazole rings is 1. The van der Waals surface area contributed by atoms with Crippen LogP contribution in [-0.4, -0.2) is 103 Å². The van der Waals surface area contributed by atoms with Gasteiger partial charge in [0.1, 0.15) is 13.1 Å². The maximum absolute atomic E-state index is 14.6. The minimum absolute atomic E-state index is 0.0503. The van der Waals surface area contributed by atoms with Crippen LogP contribution in [0.5, 0.6) is 5.75 Å². The number of hydrogen-bond acceptors (Lipinski definition) is 6. The molecule has 2 saturated heterocycles. The Morgan fingerprint density at radius 1 is 1.05 bits per heavy atom. The van der Waals surface area contributed by atoms with E-state index in [-0.39, 0.29) is 45.2 Å². The van der Waals surface area contributed by atoms with Gasteiger partial charge in [0.05, 0.1) is 55.8 Å². The highest BCUT2D eigenvalue weighted by Gasteiger charge is 2.27. The molecule has 1 aromatic heterocycles. The summed E-state index contributed by atoms with van der Waals surface area (Å²) in [5.41, 5.74) is 0.702. The molecule has 0 radical (unpaired) electrons. The van der Waals surface area contributed by atoms with Crippen molar-refractivity contribution >= 4 is 35.0 Å². The number of anilines is 1. The van der Waals surface area contributed by atoms with Gasteiger partial charge in [-0.05, 0) is 30.3 Å². The number of benzene rings is 2. The van der Waals surface area contributed by atoms with Crippen molar-refractivity contribution in [3.05, 3.63) is 64.6 Å². The molecule has 14 heteroatoms. The highest BCUT2D eigenvalue weighted by Crippen LogP contribution is 2.30. The van der Waals surface area contributed by atoms with Crippen molar-refractivity contribution in [1.82, 2.24) is 19.4 Å². The van der Waals surface area contributed by atoms with Crippen LogP contribution in [0.15, 0.2) is 36.5 Å². The zero-order valence-corrected chi connectivity index (χ0v) is 25.3. The summed E-state index contributed by atoms with van der Waals surface area (Å²) in [7, 11) is 2.74. The molecule has 0 unspecified atom stereocenters. The van der Waals surface area contributed by atoms with E-state index in [9.17, 15) is 23.2 Å². The second-order valence-corrected chi connectivity index (χ2v) is 11.1. The molecular formula is C30H34ClF2N6O5+. The van der Waals surface area contributed by atoms with Gasteiger partial charge in [-0.1, -0.05) is 11.6 Å². The fourth-order valence-corrected chi connectivity index (χ4v) is 5.65. The minimum atomic E-state index is -1.14. The monoisotopic (exact) mass is 631 g/mol. The van der Waals surface area contributed by atoms with E-state index in [0.29, 0.717) is 38.3 Å². The Kier molecular flexibility index (Phi) is 9.77. The van der Waals surface area contributed by atoms with Crippen molar-refractivity contribution in [3.63, 3.8) is 0 Å². The third-order valence-electron chi connectivity index (χ3n) is 8.00. The lowest BCUT2D eigenvalue weighted by Gasteiger charge is -2.35. The van der Waals surface area contributed by atoms with Crippen molar-refractivity contribution < 1.29 is 37.5 Å². The van der Waals surface area contributed by atoms with E-state index >= 15 is 0 Å². The summed E-state index contributed by atoms with van der Waals surface area (Å²) in [5.74, 6) is -3.33. The molecule has 2 aliphatic rings. The largest absolute Gasteiger partial charge is 0.494 e. The number of methoxy groups -OCH3 is 1. The average Bonchev–Trinajstić information content (AvgIpc) is 3.42. The van der Waals surface area contributed by atoms with Gasteiger partial charge in [-0.15, -0.1) is 0 Å². The summed E-state index contributed by atoms with van der Waals surface area (Å²) in [6.07, 6.45) is 1.74. The molecule has 44 heavy (non-hydrogen) atoms. The minimum Gasteiger partial charge on any atom is -0.494 e. The molecule has 5 rings (SSSR count). The molecular weight excluding hydrogens is 598 g/mol. The molecule has 0 spiro atoms. The molecule has 11 nitrogen and oxygen atoms in total. The second kappa shape index (κ2) is 13.7. The van der Waals surface area contributed by atoms with Crippen molar-refractivity contribution in [2.75, 3.05) is 71.5 Å². The van der Waals surface area contributed by atoms with Crippen LogP contribution >= 0.6 is 11.6 Å². The number of nitrogens with zero attached hydrogens (tertiary/aromatic N) is 4. The molecule has 2 aromatic carbocycles. The Morgan fingerprint density at radius 2 is 1.75 bits per heavy atom. The van der Waals surface area contributed by atoms with Gasteiger partial charge in [-0.25, -0.2) is 9.37 Å². The van der Waals surface area contributed by atoms with E-state index in [4.69, 9.17) is 21.1 Å². The maximum Gasteiger partial charge on any atom is 0.291 e. The number of quaternary nitrogens is 1. The van der Waals surface area contributed by atoms with Crippen LogP contribution in [0.4, 0.5) is 14.5 Å². The lowest BCUT2D eigenvalue weighted by molar-refractivity contribution is -0.907. The van der Waals surface area contributed by atoms with Crippen LogP contribution in [0.1, 0.15) is 27.4 Å². The lowest BCUT2D eigenvalue weighted by Crippen LogP contribution is -3.14. The second-order valence-electron chi connectivity index (χ2n) is 10.7. The summed E-state index contributed by atoms with van der Waals surface area (Å²) < 4.78 is 40.4. The van der Waals surface area contributed by atoms with Crippen molar-refractivity contribution in [3.8, 4) is 17.0 Å². The fourth-order valence-electron chi connectivity index (χ4n) is 5.39. The van der Waals surface area contributed by atoms with Gasteiger partial charge in [-0.3, -0.25) is 14.4 Å². The average molecular weight is 632 g/mol. The number of hydrogen-bond donors (Lipinski definition) is 2. The zero-order chi connectivity index (χ0) is 31.4. The first-order valence-electron chi connectivity index (χ1n) is 14.3. The highest BCUT2D eigenvalue weighted by atomic mass is 35.5. The number of aromatic nitrogens is 2. The molecule has 2 fully saturated rings. The standard InChI is InChI=1S/C30H33ClF2N6O5/c1-36-23(21-5-6-24(43-2)27(33)26(21)32)18-34-28(36)29(41)35-19-3-4-20(22(31)17-19)30(42)39-11-9-38(10-12-39)25(40)7-8-37-13-15-44-16-14-37/h3-6,17-18H,7-16H2,1-2H3,(H,35,41)/p+1. The summed E-state index contributed by atoms with van der Waals surface area (Å²) in [6, 6.07) is 7.17. The van der Waals surface area contributed by atoms with Crippen LogP contribution in [0.2, 0.25) is 5.02 Å². The van der Waals surface area contributed by atoms with E-state index in [0.717, 1.165) is 32.8 Å². The number of nitrogens with one attached hydrogen (secondary N) is 2. The summed E-state index contributed by atoms with van der Waals surface area (Å²) in [5, 5.41) is 2.83. The molecule has 2 N–H and O–H groups in total. The van der Waals surface area contributed by atoms with E-state index < -0.39 is 17.5 Å². The zero-order valence-electron chi connectivity index (χ0n) is 24.5. The number of carbonyl (C=O) groups excluding carboxylic acids is 3. The molecule has 3 heterocycles. The topological polar surface area (TPSA) is 110 Å². The van der Waals surface area contributed by atoms with Crippen LogP contribution in [0.3, 0.4) is 0 Å². The van der Waals surface area contributed by atoms with E-state index in [1.54, 1.807) is 15.9 Å². The first-order chi connectivity index (χ1) is 21.2. The van der Waals surface area contributed by atoms with Crippen LogP contribution in [0.25, 0.3) is 11.3 Å². The molecule has 3 amide bonds. The van der Waals surface area contributed by atoms with Crippen molar-refractivity contribution in [2.45, 2.75) is 6.42 Å². The van der Waals surface area contributed by atoms with Gasteiger partial charge in [0.15, 0.2) is 17.4 Å². The van der Waals surface area contributed by atoms with Crippen LogP contribution in [-0.2, 0) is 16.6 Å². The number of amides is 3. The number of ether oxygens (including phenoxy) is 2. The fraction of sp³-hybridized carbons (Fsp3) is 0.400. The number of morpholine rings is 1. The number of halogens is 3. The quantitative estimate of drug-likeness (QED) is 0.393. The summed E-state index contributed by atoms with van der Waals surface area (Å²) in [6.45, 7) is 5.75. The van der Waals surface area contributed by atoms with Gasteiger partial charge in [0, 0.05) is 44.5 Å². The number of rotatable bonds is 8. The van der Waals surface area contributed by atoms with E-state index in [1.165, 1.54) is 54.1 Å². The summed E-state index contributed by atoms with van der Waals surface area (Å²) >= 11 is 6.46. The third-order valence-corrected chi connectivity index (χ3v) is 8.32. The smallest absolute Gasteiger partial charge is 0.291 e. The first-order valence-corrected chi connectivity index (χ1v) is 14.7. The molecule has 0 aliphatic carbocycles. The SMILES string of the molecule is COc1ccc(-c2cnc(C(=O)Nc3ccc(C(=O)N4CCN(C(=O)CC[NH+]5CCOCC5)CC4)c(Cl)c3)n2C)c(F)c1F.